The monoisotopic (exact) mass is 425 g/mol. The minimum Gasteiger partial charge on any atom is -0.343 e. The van der Waals surface area contributed by atoms with Crippen LogP contribution in [0, 0.1) is 12.8 Å². The van der Waals surface area contributed by atoms with Gasteiger partial charge in [-0.05, 0) is 44.1 Å². The summed E-state index contributed by atoms with van der Waals surface area (Å²) in [6.45, 7) is 5.05. The average molecular weight is 426 g/mol. The maximum Gasteiger partial charge on any atom is 0.312 e. The summed E-state index contributed by atoms with van der Waals surface area (Å²) in [6.07, 6.45) is 8.41. The van der Waals surface area contributed by atoms with E-state index in [2.05, 4.69) is 0 Å². The fourth-order valence-corrected chi connectivity index (χ4v) is 5.30. The Morgan fingerprint density at radius 1 is 0.871 bits per heavy atom. The molecule has 0 atom stereocenters. The van der Waals surface area contributed by atoms with Gasteiger partial charge < -0.3 is 14.7 Å². The standard InChI is InChI=1S/C25H35N3O3/c1-19-7-9-21(10-8-19)18-27-15-16-28(25(31)24(27)30)22-11-13-26(14-12-22)23(29)17-20-5-3-2-4-6-20/h7-10,20,22H,2-6,11-18H2,1H3. The number of benzene rings is 1. The van der Waals surface area contributed by atoms with Gasteiger partial charge in [-0.1, -0.05) is 49.1 Å². The second-order valence-electron chi connectivity index (χ2n) is 9.53. The highest BCUT2D eigenvalue weighted by atomic mass is 16.2. The third-order valence-electron chi connectivity index (χ3n) is 7.28. The van der Waals surface area contributed by atoms with Crippen LogP contribution in [0.2, 0.25) is 0 Å². The predicted octanol–water partition coefficient (Wildman–Crippen LogP) is 3.13. The lowest BCUT2D eigenvalue weighted by Gasteiger charge is -2.42. The van der Waals surface area contributed by atoms with E-state index in [9.17, 15) is 14.4 Å². The number of likely N-dealkylation sites (tertiary alicyclic amines) is 1. The summed E-state index contributed by atoms with van der Waals surface area (Å²) < 4.78 is 0. The molecular weight excluding hydrogens is 390 g/mol. The molecule has 2 heterocycles. The van der Waals surface area contributed by atoms with Crippen molar-refractivity contribution >= 4 is 17.7 Å². The van der Waals surface area contributed by atoms with Crippen LogP contribution >= 0.6 is 0 Å². The van der Waals surface area contributed by atoms with Crippen LogP contribution in [0.5, 0.6) is 0 Å². The third kappa shape index (κ3) is 5.28. The molecule has 6 nitrogen and oxygen atoms in total. The highest BCUT2D eigenvalue weighted by Gasteiger charge is 2.38. The van der Waals surface area contributed by atoms with Crippen LogP contribution in [0.4, 0.5) is 0 Å². The first-order chi connectivity index (χ1) is 15.0. The number of amides is 3. The molecule has 6 heteroatoms. The molecule has 0 bridgehead atoms. The van der Waals surface area contributed by atoms with Gasteiger partial charge in [-0.3, -0.25) is 14.4 Å². The fraction of sp³-hybridized carbons (Fsp3) is 0.640. The third-order valence-corrected chi connectivity index (χ3v) is 7.28. The van der Waals surface area contributed by atoms with E-state index in [0.29, 0.717) is 45.1 Å². The molecule has 3 fully saturated rings. The lowest BCUT2D eigenvalue weighted by molar-refractivity contribution is -0.159. The van der Waals surface area contributed by atoms with Gasteiger partial charge in [0.2, 0.25) is 5.91 Å². The molecule has 0 spiro atoms. The molecule has 31 heavy (non-hydrogen) atoms. The number of nitrogens with zero attached hydrogens (tertiary/aromatic N) is 3. The van der Waals surface area contributed by atoms with Crippen LogP contribution in [-0.4, -0.2) is 64.6 Å². The molecule has 1 saturated carbocycles. The Labute approximate surface area is 185 Å². The SMILES string of the molecule is Cc1ccc(CN2CCN(C3CCN(C(=O)CC4CCCCC4)CC3)C(=O)C2=O)cc1. The zero-order valence-electron chi connectivity index (χ0n) is 18.7. The summed E-state index contributed by atoms with van der Waals surface area (Å²) >= 11 is 0. The molecule has 0 aromatic heterocycles. The van der Waals surface area contributed by atoms with Gasteiger partial charge in [-0.15, -0.1) is 0 Å². The van der Waals surface area contributed by atoms with Gasteiger partial charge in [0.25, 0.3) is 0 Å². The highest BCUT2D eigenvalue weighted by Crippen LogP contribution is 2.28. The fourth-order valence-electron chi connectivity index (χ4n) is 5.30. The summed E-state index contributed by atoms with van der Waals surface area (Å²) in [6, 6.07) is 8.15. The van der Waals surface area contributed by atoms with Crippen molar-refractivity contribution in [3.63, 3.8) is 0 Å². The van der Waals surface area contributed by atoms with Crippen LogP contribution in [0.15, 0.2) is 24.3 Å². The number of piperazine rings is 1. The topological polar surface area (TPSA) is 60.9 Å². The van der Waals surface area contributed by atoms with Gasteiger partial charge >= 0.3 is 11.8 Å². The van der Waals surface area contributed by atoms with Gasteiger partial charge in [0.1, 0.15) is 0 Å². The quantitative estimate of drug-likeness (QED) is 0.681. The lowest BCUT2D eigenvalue weighted by Crippen LogP contribution is -2.59. The summed E-state index contributed by atoms with van der Waals surface area (Å²) in [5, 5.41) is 0. The van der Waals surface area contributed by atoms with E-state index < -0.39 is 5.91 Å². The van der Waals surface area contributed by atoms with Crippen molar-refractivity contribution in [1.82, 2.24) is 14.7 Å². The van der Waals surface area contributed by atoms with Crippen molar-refractivity contribution in [3.8, 4) is 0 Å². The van der Waals surface area contributed by atoms with Crippen LogP contribution < -0.4 is 0 Å². The number of carbonyl (C=O) groups is 3. The number of carbonyl (C=O) groups excluding carboxylic acids is 3. The van der Waals surface area contributed by atoms with E-state index in [1.54, 1.807) is 9.80 Å². The Kier molecular flexibility index (Phi) is 6.93. The van der Waals surface area contributed by atoms with Crippen molar-refractivity contribution in [2.24, 2.45) is 5.92 Å². The summed E-state index contributed by atoms with van der Waals surface area (Å²) in [4.78, 5) is 43.6. The molecule has 3 amide bonds. The van der Waals surface area contributed by atoms with Crippen molar-refractivity contribution in [2.75, 3.05) is 26.2 Å². The van der Waals surface area contributed by atoms with Crippen LogP contribution in [0.25, 0.3) is 0 Å². The van der Waals surface area contributed by atoms with Crippen LogP contribution in [0.3, 0.4) is 0 Å². The zero-order chi connectivity index (χ0) is 21.8. The van der Waals surface area contributed by atoms with E-state index in [-0.39, 0.29) is 17.9 Å². The first kappa shape index (κ1) is 21.8. The lowest BCUT2D eigenvalue weighted by atomic mass is 9.86. The van der Waals surface area contributed by atoms with E-state index in [4.69, 9.17) is 0 Å². The zero-order valence-corrected chi connectivity index (χ0v) is 18.7. The summed E-state index contributed by atoms with van der Waals surface area (Å²) in [5.41, 5.74) is 2.23. The maximum absolute atomic E-state index is 12.8. The normalized spacial score (nSPS) is 21.6. The molecule has 0 N–H and O–H groups in total. The van der Waals surface area contributed by atoms with Crippen LogP contribution in [0.1, 0.15) is 62.5 Å². The number of rotatable bonds is 5. The molecular formula is C25H35N3O3. The van der Waals surface area contributed by atoms with E-state index >= 15 is 0 Å². The molecule has 1 aliphatic carbocycles. The Hall–Kier alpha value is -2.37. The van der Waals surface area contributed by atoms with E-state index in [1.165, 1.54) is 37.7 Å². The molecule has 3 aliphatic rings. The molecule has 0 radical (unpaired) electrons. The Balaban J connectivity index is 1.26. The minimum atomic E-state index is -0.400. The van der Waals surface area contributed by atoms with E-state index in [0.717, 1.165) is 18.4 Å². The van der Waals surface area contributed by atoms with Gasteiger partial charge in [-0.25, -0.2) is 0 Å². The summed E-state index contributed by atoms with van der Waals surface area (Å²) in [7, 11) is 0. The van der Waals surface area contributed by atoms with Gasteiger partial charge in [0.15, 0.2) is 0 Å². The average Bonchev–Trinajstić information content (AvgIpc) is 2.79. The maximum atomic E-state index is 12.8. The van der Waals surface area contributed by atoms with Crippen molar-refractivity contribution in [3.05, 3.63) is 35.4 Å². The van der Waals surface area contributed by atoms with E-state index in [1.807, 2.05) is 36.1 Å². The molecule has 168 valence electrons. The highest BCUT2D eigenvalue weighted by molar-refractivity contribution is 6.35. The number of piperidine rings is 1. The number of aryl methyl sites for hydroxylation is 1. The van der Waals surface area contributed by atoms with Crippen molar-refractivity contribution < 1.29 is 14.4 Å². The van der Waals surface area contributed by atoms with Gasteiger partial charge in [-0.2, -0.15) is 0 Å². The van der Waals surface area contributed by atoms with Gasteiger partial charge in [0.05, 0.1) is 0 Å². The van der Waals surface area contributed by atoms with Crippen LogP contribution in [-0.2, 0) is 20.9 Å². The molecule has 1 aromatic rings. The van der Waals surface area contributed by atoms with Crippen molar-refractivity contribution in [1.29, 1.82) is 0 Å². The first-order valence-electron chi connectivity index (χ1n) is 11.9. The molecule has 2 aliphatic heterocycles. The second kappa shape index (κ2) is 9.84. The van der Waals surface area contributed by atoms with Crippen molar-refractivity contribution in [2.45, 2.75) is 70.9 Å². The summed E-state index contributed by atoms with van der Waals surface area (Å²) in [5.74, 6) is 0.0448. The molecule has 4 rings (SSSR count). The molecule has 2 saturated heterocycles. The number of hydrogen-bond donors (Lipinski definition) is 0. The first-order valence-corrected chi connectivity index (χ1v) is 11.9. The second-order valence-corrected chi connectivity index (χ2v) is 9.53. The Morgan fingerprint density at radius 3 is 2.23 bits per heavy atom. The molecule has 1 aromatic carbocycles. The smallest absolute Gasteiger partial charge is 0.312 e. The molecule has 0 unspecified atom stereocenters. The Morgan fingerprint density at radius 2 is 1.55 bits per heavy atom. The van der Waals surface area contributed by atoms with Gasteiger partial charge in [0, 0.05) is 45.2 Å². The number of hydrogen-bond acceptors (Lipinski definition) is 3. The largest absolute Gasteiger partial charge is 0.343 e. The minimum absolute atomic E-state index is 0.0664. The predicted molar refractivity (Wildman–Crippen MR) is 119 cm³/mol. The Bertz CT molecular complexity index is 793.